The molecule has 2 atom stereocenters. The van der Waals surface area contributed by atoms with Gasteiger partial charge in [-0.3, -0.25) is 18.6 Å². The highest BCUT2D eigenvalue weighted by atomic mass is 31.2. The Morgan fingerprint density at radius 3 is 1.45 bits per heavy atom. The lowest BCUT2D eigenvalue weighted by atomic mass is 10.1. The second-order valence-corrected chi connectivity index (χ2v) is 14.7. The van der Waals surface area contributed by atoms with Crippen molar-refractivity contribution in [2.45, 2.75) is 187 Å². The molecule has 0 aromatic heterocycles. The summed E-state index contributed by atoms with van der Waals surface area (Å²) in [4.78, 5) is 34.7. The van der Waals surface area contributed by atoms with Gasteiger partial charge in [-0.1, -0.05) is 140 Å². The number of ether oxygens (including phenoxy) is 2. The van der Waals surface area contributed by atoms with Gasteiger partial charge < -0.3 is 14.4 Å². The molecule has 296 valence electrons. The van der Waals surface area contributed by atoms with Gasteiger partial charge in [-0.2, -0.15) is 0 Å². The van der Waals surface area contributed by atoms with Crippen molar-refractivity contribution in [3.63, 3.8) is 0 Å². The average Bonchev–Trinajstić information content (AvgIpc) is 3.10. The van der Waals surface area contributed by atoms with Gasteiger partial charge in [-0.25, -0.2) is 4.57 Å². The van der Waals surface area contributed by atoms with Gasteiger partial charge in [0.2, 0.25) is 0 Å². The molecule has 0 saturated carbocycles. The second kappa shape index (κ2) is 37.8. The van der Waals surface area contributed by atoms with Gasteiger partial charge in [0.05, 0.1) is 13.2 Å². The zero-order valence-electron chi connectivity index (χ0n) is 32.7. The molecular formula is C42H75O8P. The maximum Gasteiger partial charge on any atom is 0.472 e. The molecule has 0 spiro atoms. The summed E-state index contributed by atoms with van der Waals surface area (Å²) >= 11 is 0. The molecule has 0 saturated heterocycles. The molecule has 0 aliphatic carbocycles. The van der Waals surface area contributed by atoms with E-state index in [0.717, 1.165) is 77.0 Å². The van der Waals surface area contributed by atoms with E-state index in [0.29, 0.717) is 6.42 Å². The lowest BCUT2D eigenvalue weighted by Gasteiger charge is -2.19. The number of rotatable bonds is 37. The number of hydrogen-bond acceptors (Lipinski definition) is 7. The first-order valence-corrected chi connectivity index (χ1v) is 21.9. The predicted octanol–water partition coefficient (Wildman–Crippen LogP) is 12.6. The van der Waals surface area contributed by atoms with Crippen LogP contribution in [0.3, 0.4) is 0 Å². The summed E-state index contributed by atoms with van der Waals surface area (Å²) in [5, 5.41) is 0. The normalized spacial score (nSPS) is 13.9. The number of carbonyl (C=O) groups excluding carboxylic acids is 2. The fourth-order valence-corrected chi connectivity index (χ4v) is 6.08. The van der Waals surface area contributed by atoms with Crippen LogP contribution in [0.4, 0.5) is 0 Å². The minimum atomic E-state index is -4.28. The van der Waals surface area contributed by atoms with Crippen LogP contribution < -0.4 is 0 Å². The topological polar surface area (TPSA) is 108 Å². The molecule has 51 heavy (non-hydrogen) atoms. The highest BCUT2D eigenvalue weighted by Crippen LogP contribution is 2.43. The summed E-state index contributed by atoms with van der Waals surface area (Å²) in [6.45, 7) is 5.37. The summed E-state index contributed by atoms with van der Waals surface area (Å²) in [6, 6.07) is 0. The number of phosphoric acid groups is 1. The molecule has 0 fully saturated rings. The third kappa shape index (κ3) is 37.6. The minimum absolute atomic E-state index is 0.00508. The first-order chi connectivity index (χ1) is 24.8. The van der Waals surface area contributed by atoms with Crippen LogP contribution in [0.15, 0.2) is 48.6 Å². The third-order valence-electron chi connectivity index (χ3n) is 8.36. The van der Waals surface area contributed by atoms with Crippen molar-refractivity contribution >= 4 is 19.8 Å². The van der Waals surface area contributed by atoms with E-state index in [1.54, 1.807) is 6.92 Å². The van der Waals surface area contributed by atoms with Gasteiger partial charge in [0, 0.05) is 12.8 Å². The zero-order chi connectivity index (χ0) is 37.5. The number of unbranched alkanes of at least 4 members (excludes halogenated alkanes) is 17. The van der Waals surface area contributed by atoms with Crippen LogP contribution in [0.1, 0.15) is 181 Å². The number of esters is 2. The molecule has 1 N–H and O–H groups in total. The van der Waals surface area contributed by atoms with E-state index in [4.69, 9.17) is 18.5 Å². The van der Waals surface area contributed by atoms with E-state index in [1.165, 1.54) is 64.2 Å². The largest absolute Gasteiger partial charge is 0.472 e. The Balaban J connectivity index is 4.15. The Kier molecular flexibility index (Phi) is 36.3. The smallest absolute Gasteiger partial charge is 0.462 e. The fourth-order valence-electron chi connectivity index (χ4n) is 5.32. The van der Waals surface area contributed by atoms with Crippen molar-refractivity contribution in [2.75, 3.05) is 19.8 Å². The highest BCUT2D eigenvalue weighted by Gasteiger charge is 2.25. The van der Waals surface area contributed by atoms with Gasteiger partial charge in [0.1, 0.15) is 6.61 Å². The predicted molar refractivity (Wildman–Crippen MR) is 212 cm³/mol. The van der Waals surface area contributed by atoms with E-state index in [-0.39, 0.29) is 32.0 Å². The van der Waals surface area contributed by atoms with Crippen molar-refractivity contribution in [1.82, 2.24) is 0 Å². The molecule has 0 aliphatic rings. The van der Waals surface area contributed by atoms with Crippen LogP contribution >= 0.6 is 7.82 Å². The first kappa shape index (κ1) is 49.0. The van der Waals surface area contributed by atoms with Gasteiger partial charge in [0.15, 0.2) is 6.10 Å². The SMILES string of the molecule is CCCC/C=C\C/C=C\CCCCCCCC(=O)OCC(COP(=O)(O)OCC)OC(=O)CCCCCCCCC/C=C\C/C=C\CCCCC. The van der Waals surface area contributed by atoms with Crippen molar-refractivity contribution in [1.29, 1.82) is 0 Å². The van der Waals surface area contributed by atoms with Crippen LogP contribution in [-0.2, 0) is 32.7 Å². The Hall–Kier alpha value is -1.99. The molecular weight excluding hydrogens is 663 g/mol. The zero-order valence-corrected chi connectivity index (χ0v) is 33.6. The Morgan fingerprint density at radius 2 is 0.961 bits per heavy atom. The van der Waals surface area contributed by atoms with Gasteiger partial charge >= 0.3 is 19.8 Å². The number of phosphoric ester groups is 1. The molecule has 0 aliphatic heterocycles. The van der Waals surface area contributed by atoms with Crippen LogP contribution in [0.2, 0.25) is 0 Å². The lowest BCUT2D eigenvalue weighted by Crippen LogP contribution is -2.29. The van der Waals surface area contributed by atoms with E-state index < -0.39 is 26.5 Å². The molecule has 0 aromatic rings. The summed E-state index contributed by atoms with van der Waals surface area (Å²) in [5.74, 6) is -0.825. The summed E-state index contributed by atoms with van der Waals surface area (Å²) < 4.78 is 32.6. The lowest BCUT2D eigenvalue weighted by molar-refractivity contribution is -0.161. The Labute approximate surface area is 312 Å². The van der Waals surface area contributed by atoms with E-state index >= 15 is 0 Å². The maximum atomic E-state index is 12.5. The average molecular weight is 739 g/mol. The number of carbonyl (C=O) groups is 2. The number of allylic oxidation sites excluding steroid dienone is 8. The quantitative estimate of drug-likeness (QED) is 0.0290. The molecule has 0 rings (SSSR count). The molecule has 8 nitrogen and oxygen atoms in total. The van der Waals surface area contributed by atoms with Crippen molar-refractivity contribution in [3.8, 4) is 0 Å². The van der Waals surface area contributed by atoms with Crippen molar-refractivity contribution in [2.24, 2.45) is 0 Å². The standard InChI is InChI=1S/C42H75O8P/c1-4-7-9-11-13-15-17-19-21-22-23-25-27-29-31-33-35-37-42(44)50-40(39-49-51(45,46)48-6-3)38-47-41(43)36-34-32-30-28-26-24-20-18-16-14-12-10-8-5-2/h12-15,18-21,40H,4-11,16-17,22-39H2,1-3H3,(H,45,46)/b14-12-,15-13-,20-18-,21-19-. The monoisotopic (exact) mass is 739 g/mol. The molecule has 0 heterocycles. The van der Waals surface area contributed by atoms with Crippen LogP contribution in [-0.4, -0.2) is 42.8 Å². The second-order valence-electron chi connectivity index (χ2n) is 13.3. The van der Waals surface area contributed by atoms with E-state index in [1.807, 2.05) is 0 Å². The fraction of sp³-hybridized carbons (Fsp3) is 0.762. The summed E-state index contributed by atoms with van der Waals surface area (Å²) in [6.07, 6.45) is 43.0. The van der Waals surface area contributed by atoms with Crippen LogP contribution in [0, 0.1) is 0 Å². The summed E-state index contributed by atoms with van der Waals surface area (Å²) in [5.41, 5.74) is 0. The minimum Gasteiger partial charge on any atom is -0.462 e. The molecule has 2 unspecified atom stereocenters. The number of hydrogen-bond donors (Lipinski definition) is 1. The summed E-state index contributed by atoms with van der Waals surface area (Å²) in [7, 11) is -4.28. The van der Waals surface area contributed by atoms with E-state index in [2.05, 4.69) is 62.5 Å². The molecule has 0 aromatic carbocycles. The molecule has 0 amide bonds. The Morgan fingerprint density at radius 1 is 0.529 bits per heavy atom. The van der Waals surface area contributed by atoms with Crippen LogP contribution in [0.5, 0.6) is 0 Å². The van der Waals surface area contributed by atoms with Crippen molar-refractivity contribution in [3.05, 3.63) is 48.6 Å². The molecule has 9 heteroatoms. The van der Waals surface area contributed by atoms with Gasteiger partial charge in [-0.05, 0) is 77.6 Å². The molecule has 0 radical (unpaired) electrons. The van der Waals surface area contributed by atoms with Crippen molar-refractivity contribution < 1.29 is 37.6 Å². The Bertz CT molecular complexity index is 974. The van der Waals surface area contributed by atoms with Crippen LogP contribution in [0.25, 0.3) is 0 Å². The molecule has 0 bridgehead atoms. The highest BCUT2D eigenvalue weighted by molar-refractivity contribution is 7.47. The first-order valence-electron chi connectivity index (χ1n) is 20.4. The van der Waals surface area contributed by atoms with Gasteiger partial charge in [-0.15, -0.1) is 0 Å². The third-order valence-corrected chi connectivity index (χ3v) is 9.42. The maximum absolute atomic E-state index is 12.5. The van der Waals surface area contributed by atoms with Gasteiger partial charge in [0.25, 0.3) is 0 Å². The van der Waals surface area contributed by atoms with E-state index in [9.17, 15) is 19.0 Å².